The molecule has 0 unspecified atom stereocenters. The van der Waals surface area contributed by atoms with E-state index in [2.05, 4.69) is 15.7 Å². The quantitative estimate of drug-likeness (QED) is 0.887. The molecule has 0 aliphatic carbocycles. The van der Waals surface area contributed by atoms with Crippen LogP contribution in [-0.4, -0.2) is 22.9 Å². The van der Waals surface area contributed by atoms with Crippen molar-refractivity contribution in [1.82, 2.24) is 9.78 Å². The standard InChI is InChI=1S/C13H16N4O2/c1-3-17-9-10(8-14-17)15-13(18)16-11-6-4-5-7-12(11)19-2/h4-9H,3H2,1-2H3,(H2,15,16,18). The molecule has 0 spiro atoms. The number of ether oxygens (including phenoxy) is 1. The molecule has 1 aromatic heterocycles. The normalized spacial score (nSPS) is 10.0. The monoisotopic (exact) mass is 260 g/mol. The average molecular weight is 260 g/mol. The number of anilines is 2. The molecule has 0 bridgehead atoms. The van der Waals surface area contributed by atoms with E-state index in [1.54, 1.807) is 36.3 Å². The number of nitrogens with zero attached hydrogens (tertiary/aromatic N) is 2. The summed E-state index contributed by atoms with van der Waals surface area (Å²) in [5.41, 5.74) is 1.26. The SMILES string of the molecule is CCn1cc(NC(=O)Nc2ccccc2OC)cn1. The maximum atomic E-state index is 11.8. The van der Waals surface area contributed by atoms with Gasteiger partial charge in [-0.3, -0.25) is 4.68 Å². The zero-order chi connectivity index (χ0) is 13.7. The number of nitrogens with one attached hydrogen (secondary N) is 2. The molecule has 2 rings (SSSR count). The predicted molar refractivity (Wildman–Crippen MR) is 73.5 cm³/mol. The maximum Gasteiger partial charge on any atom is 0.323 e. The van der Waals surface area contributed by atoms with Crippen LogP contribution in [-0.2, 0) is 6.54 Å². The van der Waals surface area contributed by atoms with Gasteiger partial charge in [0.1, 0.15) is 5.75 Å². The van der Waals surface area contributed by atoms with Crippen LogP contribution in [0.15, 0.2) is 36.7 Å². The van der Waals surface area contributed by atoms with Gasteiger partial charge in [0.05, 0.1) is 24.7 Å². The van der Waals surface area contributed by atoms with Crippen molar-refractivity contribution in [3.8, 4) is 5.75 Å². The molecule has 1 aromatic carbocycles. The third-order valence-corrected chi connectivity index (χ3v) is 2.57. The van der Waals surface area contributed by atoms with Crippen molar-refractivity contribution < 1.29 is 9.53 Å². The fourth-order valence-corrected chi connectivity index (χ4v) is 1.63. The van der Waals surface area contributed by atoms with Gasteiger partial charge in [0.2, 0.25) is 0 Å². The Labute approximate surface area is 111 Å². The van der Waals surface area contributed by atoms with E-state index in [-0.39, 0.29) is 6.03 Å². The molecule has 6 heteroatoms. The number of methoxy groups -OCH3 is 1. The van der Waals surface area contributed by atoms with Crippen LogP contribution in [0, 0.1) is 0 Å². The summed E-state index contributed by atoms with van der Waals surface area (Å²) in [5.74, 6) is 0.613. The summed E-state index contributed by atoms with van der Waals surface area (Å²) in [6.45, 7) is 2.74. The first-order valence-corrected chi connectivity index (χ1v) is 5.96. The van der Waals surface area contributed by atoms with Gasteiger partial charge in [-0.15, -0.1) is 0 Å². The van der Waals surface area contributed by atoms with Crippen molar-refractivity contribution in [3.05, 3.63) is 36.7 Å². The number of aryl methyl sites for hydroxylation is 1. The molecule has 19 heavy (non-hydrogen) atoms. The van der Waals surface area contributed by atoms with Crippen LogP contribution in [0.5, 0.6) is 5.75 Å². The second-order valence-corrected chi connectivity index (χ2v) is 3.86. The number of benzene rings is 1. The molecule has 0 saturated heterocycles. The van der Waals surface area contributed by atoms with E-state index in [1.807, 2.05) is 19.1 Å². The van der Waals surface area contributed by atoms with Crippen LogP contribution >= 0.6 is 0 Å². The van der Waals surface area contributed by atoms with E-state index in [0.717, 1.165) is 6.54 Å². The minimum absolute atomic E-state index is 0.333. The lowest BCUT2D eigenvalue weighted by atomic mass is 10.3. The fraction of sp³-hybridized carbons (Fsp3) is 0.231. The van der Waals surface area contributed by atoms with Crippen molar-refractivity contribution in [3.63, 3.8) is 0 Å². The van der Waals surface area contributed by atoms with Crippen molar-refractivity contribution in [2.75, 3.05) is 17.7 Å². The molecular formula is C13H16N4O2. The predicted octanol–water partition coefficient (Wildman–Crippen LogP) is 2.56. The first-order chi connectivity index (χ1) is 9.22. The second kappa shape index (κ2) is 5.90. The van der Waals surface area contributed by atoms with Gasteiger partial charge in [0, 0.05) is 12.7 Å². The lowest BCUT2D eigenvalue weighted by Gasteiger charge is -2.09. The van der Waals surface area contributed by atoms with Gasteiger partial charge in [-0.05, 0) is 19.1 Å². The number of para-hydroxylation sites is 2. The Morgan fingerprint density at radius 3 is 2.84 bits per heavy atom. The lowest BCUT2D eigenvalue weighted by molar-refractivity contribution is 0.262. The highest BCUT2D eigenvalue weighted by molar-refractivity contribution is 6.00. The van der Waals surface area contributed by atoms with Crippen LogP contribution in [0.4, 0.5) is 16.2 Å². The molecule has 100 valence electrons. The fourth-order valence-electron chi connectivity index (χ4n) is 1.63. The molecule has 0 radical (unpaired) electrons. The second-order valence-electron chi connectivity index (χ2n) is 3.86. The summed E-state index contributed by atoms with van der Waals surface area (Å²) < 4.78 is 6.89. The van der Waals surface area contributed by atoms with Gasteiger partial charge in [-0.1, -0.05) is 12.1 Å². The Bertz CT molecular complexity index is 565. The number of carbonyl (C=O) groups is 1. The van der Waals surface area contributed by atoms with E-state index in [9.17, 15) is 4.79 Å². The summed E-state index contributed by atoms with van der Waals surface area (Å²) in [7, 11) is 1.56. The Balaban J connectivity index is 2.01. The number of aromatic nitrogens is 2. The van der Waals surface area contributed by atoms with Crippen molar-refractivity contribution >= 4 is 17.4 Å². The molecular weight excluding hydrogens is 244 g/mol. The van der Waals surface area contributed by atoms with Crippen molar-refractivity contribution in [2.24, 2.45) is 0 Å². The Hall–Kier alpha value is -2.50. The molecule has 2 aromatic rings. The van der Waals surface area contributed by atoms with Gasteiger partial charge >= 0.3 is 6.03 Å². The van der Waals surface area contributed by atoms with Gasteiger partial charge < -0.3 is 15.4 Å². The highest BCUT2D eigenvalue weighted by atomic mass is 16.5. The number of urea groups is 1. The van der Waals surface area contributed by atoms with Gasteiger partial charge in [-0.2, -0.15) is 5.10 Å². The number of carbonyl (C=O) groups excluding carboxylic acids is 1. The molecule has 0 aliphatic rings. The molecule has 0 fully saturated rings. The number of hydrogen-bond donors (Lipinski definition) is 2. The van der Waals surface area contributed by atoms with Gasteiger partial charge in [0.15, 0.2) is 0 Å². The third kappa shape index (κ3) is 3.25. The van der Waals surface area contributed by atoms with Crippen LogP contribution < -0.4 is 15.4 Å². The topological polar surface area (TPSA) is 68.2 Å². The van der Waals surface area contributed by atoms with E-state index in [4.69, 9.17) is 4.74 Å². The van der Waals surface area contributed by atoms with E-state index in [0.29, 0.717) is 17.1 Å². The number of rotatable bonds is 4. The van der Waals surface area contributed by atoms with Crippen LogP contribution in [0.1, 0.15) is 6.92 Å². The summed E-state index contributed by atoms with van der Waals surface area (Å²) >= 11 is 0. The van der Waals surface area contributed by atoms with E-state index in [1.165, 1.54) is 0 Å². The molecule has 2 amide bonds. The lowest BCUT2D eigenvalue weighted by Crippen LogP contribution is -2.19. The molecule has 0 atom stereocenters. The van der Waals surface area contributed by atoms with Gasteiger partial charge in [0.25, 0.3) is 0 Å². The van der Waals surface area contributed by atoms with Crippen molar-refractivity contribution in [2.45, 2.75) is 13.5 Å². The minimum Gasteiger partial charge on any atom is -0.495 e. The van der Waals surface area contributed by atoms with E-state index < -0.39 is 0 Å². The number of amides is 2. The molecule has 0 aliphatic heterocycles. The zero-order valence-corrected chi connectivity index (χ0v) is 10.9. The minimum atomic E-state index is -0.333. The smallest absolute Gasteiger partial charge is 0.323 e. The van der Waals surface area contributed by atoms with Crippen LogP contribution in [0.25, 0.3) is 0 Å². The third-order valence-electron chi connectivity index (χ3n) is 2.57. The first kappa shape index (κ1) is 12.9. The van der Waals surface area contributed by atoms with Gasteiger partial charge in [-0.25, -0.2) is 4.79 Å². The van der Waals surface area contributed by atoms with Crippen LogP contribution in [0.2, 0.25) is 0 Å². The number of hydrogen-bond acceptors (Lipinski definition) is 3. The Morgan fingerprint density at radius 2 is 2.16 bits per heavy atom. The van der Waals surface area contributed by atoms with Crippen molar-refractivity contribution in [1.29, 1.82) is 0 Å². The van der Waals surface area contributed by atoms with Crippen LogP contribution in [0.3, 0.4) is 0 Å². The first-order valence-electron chi connectivity index (χ1n) is 5.96. The summed E-state index contributed by atoms with van der Waals surface area (Å²) in [6, 6.07) is 6.89. The molecule has 1 heterocycles. The Morgan fingerprint density at radius 1 is 1.37 bits per heavy atom. The maximum absolute atomic E-state index is 11.8. The molecule has 0 saturated carbocycles. The largest absolute Gasteiger partial charge is 0.495 e. The summed E-state index contributed by atoms with van der Waals surface area (Å²) in [5, 5.41) is 9.51. The molecule has 6 nitrogen and oxygen atoms in total. The summed E-state index contributed by atoms with van der Waals surface area (Å²) in [6.07, 6.45) is 3.37. The highest BCUT2D eigenvalue weighted by Crippen LogP contribution is 2.23. The Kier molecular flexibility index (Phi) is 4.02. The van der Waals surface area contributed by atoms with E-state index >= 15 is 0 Å². The average Bonchev–Trinajstić information content (AvgIpc) is 2.87. The zero-order valence-electron chi connectivity index (χ0n) is 10.9. The highest BCUT2D eigenvalue weighted by Gasteiger charge is 2.07. The summed E-state index contributed by atoms with van der Waals surface area (Å²) in [4.78, 5) is 11.8. The molecule has 2 N–H and O–H groups in total.